The van der Waals surface area contributed by atoms with Gasteiger partial charge in [0.15, 0.2) is 0 Å². The number of halogens is 1. The summed E-state index contributed by atoms with van der Waals surface area (Å²) in [6.07, 6.45) is 3.30. The quantitative estimate of drug-likeness (QED) is 0.619. The summed E-state index contributed by atoms with van der Waals surface area (Å²) in [6.45, 7) is 2.87. The first-order chi connectivity index (χ1) is 8.70. The van der Waals surface area contributed by atoms with Gasteiger partial charge in [-0.3, -0.25) is 0 Å². The van der Waals surface area contributed by atoms with Crippen LogP contribution in [0.5, 0.6) is 5.75 Å². The Labute approximate surface area is 115 Å². The number of carbonyl (C=O) groups excluding carboxylic acids is 1. The van der Waals surface area contributed by atoms with Crippen molar-refractivity contribution in [1.29, 1.82) is 0 Å². The van der Waals surface area contributed by atoms with Gasteiger partial charge in [0.05, 0.1) is 13.2 Å². The van der Waals surface area contributed by atoms with Gasteiger partial charge in [-0.1, -0.05) is 15.9 Å². The van der Waals surface area contributed by atoms with Gasteiger partial charge in [0.25, 0.3) is 0 Å². The molecule has 0 amide bonds. The molecule has 1 aromatic rings. The van der Waals surface area contributed by atoms with Gasteiger partial charge in [-0.15, -0.1) is 0 Å². The molecule has 4 heteroatoms. The predicted octanol–water partition coefficient (Wildman–Crippen LogP) is 3.57. The Balaban J connectivity index is 2.35. The van der Waals surface area contributed by atoms with E-state index in [0.29, 0.717) is 13.2 Å². The van der Waals surface area contributed by atoms with Crippen LogP contribution in [0, 0.1) is 0 Å². The lowest BCUT2D eigenvalue weighted by Crippen LogP contribution is -2.01. The van der Waals surface area contributed by atoms with Crippen molar-refractivity contribution in [3.63, 3.8) is 0 Å². The van der Waals surface area contributed by atoms with E-state index >= 15 is 0 Å². The van der Waals surface area contributed by atoms with Gasteiger partial charge in [0.1, 0.15) is 5.75 Å². The fourth-order valence-corrected chi connectivity index (χ4v) is 2.28. The second kappa shape index (κ2) is 6.05. The zero-order valence-corrected chi connectivity index (χ0v) is 11.8. The first-order valence-electron chi connectivity index (χ1n) is 6.00. The van der Waals surface area contributed by atoms with Crippen LogP contribution in [0.15, 0.2) is 28.7 Å². The van der Waals surface area contributed by atoms with E-state index in [9.17, 15) is 4.79 Å². The summed E-state index contributed by atoms with van der Waals surface area (Å²) in [7, 11) is 0. The van der Waals surface area contributed by atoms with Crippen molar-refractivity contribution in [2.45, 2.75) is 19.8 Å². The third-order valence-corrected chi connectivity index (χ3v) is 3.21. The number of carbonyl (C=O) groups is 1. The maximum Gasteiger partial charge on any atom is 0.331 e. The largest absolute Gasteiger partial charge is 0.493 e. The van der Waals surface area contributed by atoms with Gasteiger partial charge in [-0.05, 0) is 43.5 Å². The van der Waals surface area contributed by atoms with Crippen molar-refractivity contribution in [1.82, 2.24) is 0 Å². The van der Waals surface area contributed by atoms with Crippen LogP contribution in [0.25, 0.3) is 5.57 Å². The SMILES string of the molecule is CCOC(=O)C=C1CCCOc2cc(Br)ccc21. The number of fused-ring (bicyclic) bond motifs is 1. The molecule has 3 nitrogen and oxygen atoms in total. The molecule has 0 saturated heterocycles. The van der Waals surface area contributed by atoms with E-state index in [0.717, 1.165) is 34.2 Å². The van der Waals surface area contributed by atoms with E-state index in [1.807, 2.05) is 18.2 Å². The molecule has 96 valence electrons. The van der Waals surface area contributed by atoms with Gasteiger partial charge in [0, 0.05) is 16.1 Å². The molecule has 0 N–H and O–H groups in total. The molecule has 1 aliphatic rings. The van der Waals surface area contributed by atoms with Crippen LogP contribution in [-0.2, 0) is 9.53 Å². The highest BCUT2D eigenvalue weighted by molar-refractivity contribution is 9.10. The average Bonchev–Trinajstić information content (AvgIpc) is 2.52. The molecular weight excluding hydrogens is 296 g/mol. The highest BCUT2D eigenvalue weighted by atomic mass is 79.9. The van der Waals surface area contributed by atoms with E-state index in [1.165, 1.54) is 0 Å². The van der Waals surface area contributed by atoms with Crippen LogP contribution < -0.4 is 4.74 Å². The Kier molecular flexibility index (Phi) is 4.42. The topological polar surface area (TPSA) is 35.5 Å². The summed E-state index contributed by atoms with van der Waals surface area (Å²) in [5.41, 5.74) is 1.96. The molecule has 0 bridgehead atoms. The molecule has 0 spiro atoms. The normalized spacial score (nSPS) is 16.7. The average molecular weight is 311 g/mol. The van der Waals surface area contributed by atoms with Crippen molar-refractivity contribution >= 4 is 27.5 Å². The van der Waals surface area contributed by atoms with E-state index in [1.54, 1.807) is 13.0 Å². The molecule has 1 heterocycles. The fraction of sp³-hybridized carbons (Fsp3) is 0.357. The van der Waals surface area contributed by atoms with Crippen LogP contribution in [0.3, 0.4) is 0 Å². The van der Waals surface area contributed by atoms with E-state index in [-0.39, 0.29) is 5.97 Å². The molecule has 2 rings (SSSR count). The van der Waals surface area contributed by atoms with E-state index in [2.05, 4.69) is 15.9 Å². The van der Waals surface area contributed by atoms with Crippen LogP contribution in [0.1, 0.15) is 25.3 Å². The summed E-state index contributed by atoms with van der Waals surface area (Å²) in [4.78, 5) is 11.6. The Bertz CT molecular complexity index is 480. The number of ether oxygens (including phenoxy) is 2. The van der Waals surface area contributed by atoms with Gasteiger partial charge in [0.2, 0.25) is 0 Å². The molecule has 1 aromatic carbocycles. The van der Waals surface area contributed by atoms with Gasteiger partial charge in [-0.25, -0.2) is 4.79 Å². The lowest BCUT2D eigenvalue weighted by molar-refractivity contribution is -0.137. The summed E-state index contributed by atoms with van der Waals surface area (Å²) >= 11 is 3.42. The molecule has 1 aliphatic heterocycles. The molecule has 0 aromatic heterocycles. The highest BCUT2D eigenvalue weighted by Crippen LogP contribution is 2.34. The first kappa shape index (κ1) is 13.1. The number of benzene rings is 1. The van der Waals surface area contributed by atoms with Crippen molar-refractivity contribution < 1.29 is 14.3 Å². The summed E-state index contributed by atoms with van der Waals surface area (Å²) in [5, 5.41) is 0. The second-order valence-corrected chi connectivity index (χ2v) is 4.93. The number of allylic oxidation sites excluding steroid dienone is 1. The highest BCUT2D eigenvalue weighted by Gasteiger charge is 2.15. The van der Waals surface area contributed by atoms with Gasteiger partial charge >= 0.3 is 5.97 Å². The monoisotopic (exact) mass is 310 g/mol. The zero-order chi connectivity index (χ0) is 13.0. The fourth-order valence-electron chi connectivity index (χ4n) is 1.94. The zero-order valence-electron chi connectivity index (χ0n) is 10.2. The Morgan fingerprint density at radius 1 is 1.56 bits per heavy atom. The summed E-state index contributed by atoms with van der Waals surface area (Å²) in [6, 6.07) is 5.85. The molecule has 0 unspecified atom stereocenters. The van der Waals surface area contributed by atoms with Crippen LogP contribution in [-0.4, -0.2) is 19.2 Å². The lowest BCUT2D eigenvalue weighted by atomic mass is 10.0. The minimum atomic E-state index is -0.289. The van der Waals surface area contributed by atoms with Crippen molar-refractivity contribution in [2.24, 2.45) is 0 Å². The van der Waals surface area contributed by atoms with E-state index in [4.69, 9.17) is 9.47 Å². The summed E-state index contributed by atoms with van der Waals surface area (Å²) in [5.74, 6) is 0.528. The van der Waals surface area contributed by atoms with E-state index < -0.39 is 0 Å². The third-order valence-electron chi connectivity index (χ3n) is 2.72. The number of hydrogen-bond donors (Lipinski definition) is 0. The van der Waals surface area contributed by atoms with Crippen LogP contribution in [0.4, 0.5) is 0 Å². The Hall–Kier alpha value is -1.29. The van der Waals surface area contributed by atoms with Crippen molar-refractivity contribution in [2.75, 3.05) is 13.2 Å². The van der Waals surface area contributed by atoms with Gasteiger partial charge < -0.3 is 9.47 Å². The van der Waals surface area contributed by atoms with Crippen LogP contribution in [0.2, 0.25) is 0 Å². The third kappa shape index (κ3) is 3.13. The molecule has 0 saturated carbocycles. The standard InChI is InChI=1S/C14H15BrO3/c1-2-17-14(16)8-10-4-3-7-18-13-9-11(15)5-6-12(10)13/h5-6,8-9H,2-4,7H2,1H3. The first-order valence-corrected chi connectivity index (χ1v) is 6.80. The minimum Gasteiger partial charge on any atom is -0.493 e. The van der Waals surface area contributed by atoms with Gasteiger partial charge in [-0.2, -0.15) is 0 Å². The second-order valence-electron chi connectivity index (χ2n) is 4.01. The lowest BCUT2D eigenvalue weighted by Gasteiger charge is -2.09. The number of rotatable bonds is 2. The number of hydrogen-bond acceptors (Lipinski definition) is 3. The maximum atomic E-state index is 11.6. The molecular formula is C14H15BrO3. The molecule has 0 atom stereocenters. The molecule has 0 radical (unpaired) electrons. The summed E-state index contributed by atoms with van der Waals surface area (Å²) < 4.78 is 11.6. The molecule has 18 heavy (non-hydrogen) atoms. The van der Waals surface area contributed by atoms with Crippen molar-refractivity contribution in [3.05, 3.63) is 34.3 Å². The van der Waals surface area contributed by atoms with Crippen LogP contribution >= 0.6 is 15.9 Å². The van der Waals surface area contributed by atoms with Crippen molar-refractivity contribution in [3.8, 4) is 5.75 Å². The Morgan fingerprint density at radius 3 is 3.17 bits per heavy atom. The molecule has 0 aliphatic carbocycles. The predicted molar refractivity (Wildman–Crippen MR) is 73.5 cm³/mol. The minimum absolute atomic E-state index is 0.289. The number of esters is 1. The Morgan fingerprint density at radius 2 is 2.39 bits per heavy atom. The maximum absolute atomic E-state index is 11.6. The molecule has 0 fully saturated rings. The smallest absolute Gasteiger partial charge is 0.331 e.